The number of carbonyl (C=O) groups is 1. The van der Waals surface area contributed by atoms with Gasteiger partial charge in [0, 0.05) is 26.2 Å². The van der Waals surface area contributed by atoms with Crippen LogP contribution in [0.5, 0.6) is 5.88 Å². The number of fused-ring (bicyclic) bond motifs is 1. The monoisotopic (exact) mass is 403 g/mol. The molecular formula is C23H21N3O4. The molecule has 1 atom stereocenters. The van der Waals surface area contributed by atoms with Crippen LogP contribution in [-0.2, 0) is 25.4 Å². The number of hydrogen-bond acceptors (Lipinski definition) is 4. The molecular weight excluding hydrogens is 382 g/mol. The molecule has 1 aliphatic heterocycles. The molecule has 1 aromatic heterocycles. The van der Waals surface area contributed by atoms with Crippen LogP contribution in [-0.4, -0.2) is 15.0 Å². The Morgan fingerprint density at radius 3 is 2.27 bits per heavy atom. The molecule has 4 rings (SSSR count). The van der Waals surface area contributed by atoms with Crippen LogP contribution in [0.15, 0.2) is 76.3 Å². The van der Waals surface area contributed by atoms with Crippen molar-refractivity contribution in [2.75, 3.05) is 0 Å². The van der Waals surface area contributed by atoms with E-state index in [9.17, 15) is 14.4 Å². The summed E-state index contributed by atoms with van der Waals surface area (Å²) in [7, 11) is 2.91. The molecule has 0 bridgehead atoms. The van der Waals surface area contributed by atoms with Gasteiger partial charge in [-0.25, -0.2) is 4.79 Å². The van der Waals surface area contributed by atoms with Crippen LogP contribution in [0.25, 0.3) is 5.76 Å². The zero-order chi connectivity index (χ0) is 21.3. The molecule has 7 nitrogen and oxygen atoms in total. The molecule has 0 saturated carbocycles. The Morgan fingerprint density at radius 1 is 0.967 bits per heavy atom. The predicted octanol–water partition coefficient (Wildman–Crippen LogP) is 1.92. The fourth-order valence-corrected chi connectivity index (χ4v) is 3.47. The summed E-state index contributed by atoms with van der Waals surface area (Å²) in [6.45, 7) is 0.326. The Labute approximate surface area is 172 Å². The fourth-order valence-electron chi connectivity index (χ4n) is 3.47. The Morgan fingerprint density at radius 2 is 1.60 bits per heavy atom. The second-order valence-corrected chi connectivity index (χ2v) is 7.10. The van der Waals surface area contributed by atoms with E-state index in [2.05, 4.69) is 5.32 Å². The van der Waals surface area contributed by atoms with Crippen LogP contribution in [0, 0.1) is 0 Å². The van der Waals surface area contributed by atoms with Crippen molar-refractivity contribution in [3.05, 3.63) is 104 Å². The molecule has 1 amide bonds. The van der Waals surface area contributed by atoms with Gasteiger partial charge in [-0.15, -0.1) is 0 Å². The van der Waals surface area contributed by atoms with E-state index in [1.54, 1.807) is 6.08 Å². The smallest absolute Gasteiger partial charge is 0.333 e. The van der Waals surface area contributed by atoms with Gasteiger partial charge in [0.05, 0.1) is 11.5 Å². The lowest BCUT2D eigenvalue weighted by Crippen LogP contribution is -2.43. The normalized spacial score (nSPS) is 15.0. The van der Waals surface area contributed by atoms with Crippen molar-refractivity contribution in [2.24, 2.45) is 14.1 Å². The summed E-state index contributed by atoms with van der Waals surface area (Å²) in [5.41, 5.74) is 0.772. The highest BCUT2D eigenvalue weighted by Crippen LogP contribution is 2.34. The van der Waals surface area contributed by atoms with Crippen molar-refractivity contribution in [3.63, 3.8) is 0 Å². The van der Waals surface area contributed by atoms with Crippen LogP contribution < -0.4 is 21.3 Å². The number of aromatic nitrogens is 2. The number of amides is 1. The van der Waals surface area contributed by atoms with Gasteiger partial charge in [0.2, 0.25) is 11.8 Å². The van der Waals surface area contributed by atoms with E-state index in [1.165, 1.54) is 18.7 Å². The van der Waals surface area contributed by atoms with Crippen molar-refractivity contribution in [1.82, 2.24) is 14.5 Å². The molecule has 0 radical (unpaired) electrons. The van der Waals surface area contributed by atoms with E-state index >= 15 is 0 Å². The van der Waals surface area contributed by atoms with Gasteiger partial charge >= 0.3 is 5.69 Å². The lowest BCUT2D eigenvalue weighted by atomic mass is 9.95. The lowest BCUT2D eigenvalue weighted by Gasteiger charge is -2.26. The molecule has 1 aliphatic rings. The van der Waals surface area contributed by atoms with Gasteiger partial charge in [-0.3, -0.25) is 18.7 Å². The summed E-state index contributed by atoms with van der Waals surface area (Å²) in [5, 5.41) is 2.89. The molecule has 30 heavy (non-hydrogen) atoms. The first-order valence-electron chi connectivity index (χ1n) is 9.54. The van der Waals surface area contributed by atoms with Crippen molar-refractivity contribution in [1.29, 1.82) is 0 Å². The van der Waals surface area contributed by atoms with Crippen molar-refractivity contribution in [3.8, 4) is 5.88 Å². The van der Waals surface area contributed by atoms with E-state index < -0.39 is 17.2 Å². The second kappa shape index (κ2) is 7.87. The second-order valence-electron chi connectivity index (χ2n) is 7.10. The van der Waals surface area contributed by atoms with Gasteiger partial charge in [0.1, 0.15) is 5.76 Å². The summed E-state index contributed by atoms with van der Waals surface area (Å²) < 4.78 is 8.18. The van der Waals surface area contributed by atoms with Crippen LogP contribution >= 0.6 is 0 Å². The van der Waals surface area contributed by atoms with Crippen LogP contribution in [0.4, 0.5) is 0 Å². The number of carbonyl (C=O) groups excluding carboxylic acids is 1. The summed E-state index contributed by atoms with van der Waals surface area (Å²) in [5.74, 6) is -0.721. The number of hydrogen-bond donors (Lipinski definition) is 1. The maximum atomic E-state index is 13.1. The highest BCUT2D eigenvalue weighted by atomic mass is 16.5. The summed E-state index contributed by atoms with van der Waals surface area (Å²) in [6, 6.07) is 18.8. The topological polar surface area (TPSA) is 82.3 Å². The minimum Gasteiger partial charge on any atom is -0.440 e. The molecule has 2 heterocycles. The Balaban J connectivity index is 1.78. The maximum absolute atomic E-state index is 13.1. The molecule has 2 aromatic carbocycles. The molecule has 1 unspecified atom stereocenters. The van der Waals surface area contributed by atoms with Gasteiger partial charge < -0.3 is 10.1 Å². The van der Waals surface area contributed by atoms with Gasteiger partial charge in [-0.1, -0.05) is 60.7 Å². The van der Waals surface area contributed by atoms with E-state index in [4.69, 9.17) is 4.74 Å². The maximum Gasteiger partial charge on any atom is 0.333 e. The van der Waals surface area contributed by atoms with Crippen molar-refractivity contribution >= 4 is 11.7 Å². The molecule has 7 heteroatoms. The average molecular weight is 403 g/mol. The van der Waals surface area contributed by atoms with E-state index in [1.807, 2.05) is 60.7 Å². The minimum absolute atomic E-state index is 0.0873. The number of nitrogens with zero attached hydrogens (tertiary/aromatic N) is 2. The standard InChI is InChI=1S/C23H21N3O4/c1-25-21(28)19-17(20(27)24-14-15-9-5-3-6-10-15)13-18(16-11-7-4-8-12-16)30-22(19)26(2)23(25)29/h3-13,17H,14H2,1-2H3,(H,24,27). The summed E-state index contributed by atoms with van der Waals surface area (Å²) >= 11 is 0. The summed E-state index contributed by atoms with van der Waals surface area (Å²) in [6.07, 6.45) is 1.63. The lowest BCUT2D eigenvalue weighted by molar-refractivity contribution is -0.121. The molecule has 152 valence electrons. The molecule has 0 fully saturated rings. The third-order valence-corrected chi connectivity index (χ3v) is 5.13. The van der Waals surface area contributed by atoms with E-state index in [0.29, 0.717) is 12.3 Å². The quantitative estimate of drug-likeness (QED) is 0.722. The summed E-state index contributed by atoms with van der Waals surface area (Å²) in [4.78, 5) is 38.4. The third-order valence-electron chi connectivity index (χ3n) is 5.13. The molecule has 3 aromatic rings. The van der Waals surface area contributed by atoms with Crippen LogP contribution in [0.1, 0.15) is 22.6 Å². The third kappa shape index (κ3) is 3.45. The first-order chi connectivity index (χ1) is 14.5. The highest BCUT2D eigenvalue weighted by molar-refractivity contribution is 5.89. The van der Waals surface area contributed by atoms with Gasteiger partial charge in [0.15, 0.2) is 0 Å². The van der Waals surface area contributed by atoms with Gasteiger partial charge in [-0.2, -0.15) is 0 Å². The Hall–Kier alpha value is -3.87. The fraction of sp³-hybridized carbons (Fsp3) is 0.174. The average Bonchev–Trinajstić information content (AvgIpc) is 2.80. The van der Waals surface area contributed by atoms with Crippen molar-refractivity contribution in [2.45, 2.75) is 12.5 Å². The van der Waals surface area contributed by atoms with Gasteiger partial charge in [0.25, 0.3) is 5.56 Å². The molecule has 0 aliphatic carbocycles. The SMILES string of the molecule is Cn1c2c(c(=O)n(C)c1=O)C(C(=O)NCc1ccccc1)C=C(c1ccccc1)O2. The van der Waals surface area contributed by atoms with Crippen molar-refractivity contribution < 1.29 is 9.53 Å². The van der Waals surface area contributed by atoms with Crippen LogP contribution in [0.2, 0.25) is 0 Å². The predicted molar refractivity (Wildman–Crippen MR) is 113 cm³/mol. The van der Waals surface area contributed by atoms with E-state index in [0.717, 1.165) is 15.7 Å². The minimum atomic E-state index is -0.891. The Bertz CT molecular complexity index is 1240. The van der Waals surface area contributed by atoms with Crippen LogP contribution in [0.3, 0.4) is 0 Å². The first kappa shape index (κ1) is 19.4. The van der Waals surface area contributed by atoms with Gasteiger partial charge in [-0.05, 0) is 11.6 Å². The number of ether oxygens (including phenoxy) is 1. The first-order valence-corrected chi connectivity index (χ1v) is 9.54. The number of benzene rings is 2. The van der Waals surface area contributed by atoms with E-state index in [-0.39, 0.29) is 17.4 Å². The molecule has 0 saturated heterocycles. The zero-order valence-electron chi connectivity index (χ0n) is 16.7. The number of nitrogens with one attached hydrogen (secondary N) is 1. The Kier molecular flexibility index (Phi) is 5.10. The molecule has 1 N–H and O–H groups in total. The zero-order valence-corrected chi connectivity index (χ0v) is 16.7. The molecule has 0 spiro atoms. The number of rotatable bonds is 4. The highest BCUT2D eigenvalue weighted by Gasteiger charge is 2.34. The largest absolute Gasteiger partial charge is 0.440 e.